The highest BCUT2D eigenvalue weighted by Gasteiger charge is 2.15. The van der Waals surface area contributed by atoms with Gasteiger partial charge in [-0.05, 0) is 42.9 Å². The largest absolute Gasteiger partial charge is 0.496 e. The Labute approximate surface area is 185 Å². The lowest BCUT2D eigenvalue weighted by molar-refractivity contribution is 0.302. The number of hydrogen-bond donors (Lipinski definition) is 1. The van der Waals surface area contributed by atoms with E-state index in [4.69, 9.17) is 4.74 Å². The number of nitrogens with zero attached hydrogens (tertiary/aromatic N) is 2. The summed E-state index contributed by atoms with van der Waals surface area (Å²) >= 11 is 4.90. The van der Waals surface area contributed by atoms with Gasteiger partial charge in [-0.25, -0.2) is 9.37 Å². The monoisotopic (exact) mass is 487 g/mol. The summed E-state index contributed by atoms with van der Waals surface area (Å²) in [6, 6.07) is 12.0. The van der Waals surface area contributed by atoms with Gasteiger partial charge in [-0.15, -0.1) is 11.3 Å². The first-order chi connectivity index (χ1) is 14.4. The first kappa shape index (κ1) is 20.7. The molecular formula is C22H19BrFN3O2S. The number of hydrogen-bond acceptors (Lipinski definition) is 5. The summed E-state index contributed by atoms with van der Waals surface area (Å²) < 4.78 is 19.6. The standard InChI is InChI=1S/C22H19BrFN3O2S/c1-27(10-14-9-15(23)5-8-18(14)29-2)11-19-25-21(28)20-17(12-30-22(20)26-19)13-3-6-16(24)7-4-13/h3-9,12H,10-11H2,1-2H3,(H,25,26,28). The van der Waals surface area contributed by atoms with Crippen molar-refractivity contribution in [3.63, 3.8) is 0 Å². The van der Waals surface area contributed by atoms with Crippen molar-refractivity contribution in [1.82, 2.24) is 14.9 Å². The number of halogens is 2. The molecule has 0 spiro atoms. The molecule has 5 nitrogen and oxygen atoms in total. The fraction of sp³-hybridized carbons (Fsp3) is 0.182. The third kappa shape index (κ3) is 4.30. The summed E-state index contributed by atoms with van der Waals surface area (Å²) in [4.78, 5) is 23.1. The molecule has 0 saturated heterocycles. The minimum atomic E-state index is -0.308. The van der Waals surface area contributed by atoms with E-state index in [1.54, 1.807) is 19.2 Å². The van der Waals surface area contributed by atoms with E-state index in [1.807, 2.05) is 30.6 Å². The molecule has 0 aliphatic carbocycles. The van der Waals surface area contributed by atoms with Crippen LogP contribution < -0.4 is 10.3 Å². The molecule has 2 heterocycles. The lowest BCUT2D eigenvalue weighted by atomic mass is 10.1. The zero-order chi connectivity index (χ0) is 21.3. The molecule has 8 heteroatoms. The van der Waals surface area contributed by atoms with Crippen LogP contribution in [0.3, 0.4) is 0 Å². The number of ether oxygens (including phenoxy) is 1. The molecule has 4 rings (SSSR count). The maximum Gasteiger partial charge on any atom is 0.260 e. The number of aromatic nitrogens is 2. The van der Waals surface area contributed by atoms with Gasteiger partial charge in [-0.3, -0.25) is 9.69 Å². The van der Waals surface area contributed by atoms with Crippen LogP contribution in [-0.4, -0.2) is 29.0 Å². The topological polar surface area (TPSA) is 58.2 Å². The van der Waals surface area contributed by atoms with Gasteiger partial charge in [0, 0.05) is 27.5 Å². The van der Waals surface area contributed by atoms with Crippen LogP contribution in [0.4, 0.5) is 4.39 Å². The minimum absolute atomic E-state index is 0.191. The maximum absolute atomic E-state index is 13.2. The molecular weight excluding hydrogens is 469 g/mol. The van der Waals surface area contributed by atoms with Crippen molar-refractivity contribution in [2.75, 3.05) is 14.2 Å². The van der Waals surface area contributed by atoms with E-state index in [9.17, 15) is 9.18 Å². The van der Waals surface area contributed by atoms with Crippen LogP contribution in [0.1, 0.15) is 11.4 Å². The molecule has 0 bridgehead atoms. The van der Waals surface area contributed by atoms with E-state index in [0.29, 0.717) is 29.1 Å². The van der Waals surface area contributed by atoms with Crippen LogP contribution in [0.5, 0.6) is 5.75 Å². The molecule has 30 heavy (non-hydrogen) atoms. The van der Waals surface area contributed by atoms with Gasteiger partial charge >= 0.3 is 0 Å². The molecule has 0 saturated carbocycles. The van der Waals surface area contributed by atoms with Crippen molar-refractivity contribution in [3.05, 3.63) is 79.9 Å². The highest BCUT2D eigenvalue weighted by molar-refractivity contribution is 9.10. The molecule has 0 unspecified atom stereocenters. The molecule has 2 aromatic heterocycles. The zero-order valence-corrected chi connectivity index (χ0v) is 18.8. The van der Waals surface area contributed by atoms with E-state index in [1.165, 1.54) is 23.5 Å². The Morgan fingerprint density at radius 3 is 2.70 bits per heavy atom. The fourth-order valence-corrected chi connectivity index (χ4v) is 4.76. The van der Waals surface area contributed by atoms with Crippen molar-refractivity contribution >= 4 is 37.5 Å². The predicted molar refractivity (Wildman–Crippen MR) is 121 cm³/mol. The summed E-state index contributed by atoms with van der Waals surface area (Å²) in [6.45, 7) is 1.11. The second-order valence-corrected chi connectivity index (χ2v) is 8.75. The van der Waals surface area contributed by atoms with Crippen molar-refractivity contribution in [3.8, 4) is 16.9 Å². The van der Waals surface area contributed by atoms with Crippen molar-refractivity contribution < 1.29 is 9.13 Å². The molecule has 0 atom stereocenters. The molecule has 154 valence electrons. The van der Waals surface area contributed by atoms with Crippen molar-refractivity contribution in [2.24, 2.45) is 0 Å². The fourth-order valence-electron chi connectivity index (χ4n) is 3.38. The summed E-state index contributed by atoms with van der Waals surface area (Å²) in [6.07, 6.45) is 0. The Kier molecular flexibility index (Phi) is 5.99. The van der Waals surface area contributed by atoms with E-state index in [-0.39, 0.29) is 11.4 Å². The van der Waals surface area contributed by atoms with Gasteiger partial charge in [-0.1, -0.05) is 28.1 Å². The van der Waals surface area contributed by atoms with Gasteiger partial charge in [0.05, 0.1) is 19.0 Å². The molecule has 0 fully saturated rings. The van der Waals surface area contributed by atoms with E-state index >= 15 is 0 Å². The zero-order valence-electron chi connectivity index (χ0n) is 16.4. The molecule has 0 aliphatic rings. The number of nitrogens with one attached hydrogen (secondary N) is 1. The van der Waals surface area contributed by atoms with Gasteiger partial charge in [0.2, 0.25) is 0 Å². The van der Waals surface area contributed by atoms with Crippen LogP contribution in [0.25, 0.3) is 21.3 Å². The first-order valence-corrected chi connectivity index (χ1v) is 10.9. The summed E-state index contributed by atoms with van der Waals surface area (Å²) in [5.74, 6) is 1.10. The normalized spacial score (nSPS) is 11.4. The molecule has 0 aliphatic heterocycles. The Hall–Kier alpha value is -2.55. The second kappa shape index (κ2) is 8.67. The second-order valence-electron chi connectivity index (χ2n) is 6.98. The summed E-state index contributed by atoms with van der Waals surface area (Å²) in [5, 5.41) is 2.42. The Morgan fingerprint density at radius 1 is 1.20 bits per heavy atom. The van der Waals surface area contributed by atoms with Gasteiger partial charge in [0.15, 0.2) is 0 Å². The number of rotatable bonds is 6. The Morgan fingerprint density at radius 2 is 1.97 bits per heavy atom. The SMILES string of the molecule is COc1ccc(Br)cc1CN(C)Cc1nc2scc(-c3ccc(F)cc3)c2c(=O)[nH]1. The average Bonchev–Trinajstić information content (AvgIpc) is 3.13. The summed E-state index contributed by atoms with van der Waals surface area (Å²) in [5.41, 5.74) is 2.40. The third-order valence-electron chi connectivity index (χ3n) is 4.75. The predicted octanol–water partition coefficient (Wildman–Crippen LogP) is 5.19. The number of aromatic amines is 1. The van der Waals surface area contributed by atoms with Crippen LogP contribution in [0.15, 0.2) is 57.1 Å². The number of methoxy groups -OCH3 is 1. The Balaban J connectivity index is 1.59. The van der Waals surface area contributed by atoms with Crippen LogP contribution >= 0.6 is 27.3 Å². The van der Waals surface area contributed by atoms with Crippen LogP contribution in [-0.2, 0) is 13.1 Å². The molecule has 4 aromatic rings. The Bertz CT molecular complexity index is 1250. The molecule has 0 amide bonds. The number of fused-ring (bicyclic) bond motifs is 1. The van der Waals surface area contributed by atoms with Crippen LogP contribution in [0, 0.1) is 5.82 Å². The van der Waals surface area contributed by atoms with Crippen molar-refractivity contribution in [2.45, 2.75) is 13.1 Å². The van der Waals surface area contributed by atoms with Gasteiger partial charge < -0.3 is 9.72 Å². The lowest BCUT2D eigenvalue weighted by Crippen LogP contribution is -2.22. The first-order valence-electron chi connectivity index (χ1n) is 9.22. The maximum atomic E-state index is 13.2. The smallest absolute Gasteiger partial charge is 0.260 e. The quantitative estimate of drug-likeness (QED) is 0.406. The lowest BCUT2D eigenvalue weighted by Gasteiger charge is -2.18. The molecule has 1 N–H and O–H groups in total. The highest BCUT2D eigenvalue weighted by Crippen LogP contribution is 2.31. The number of H-pyrrole nitrogens is 1. The van der Waals surface area contributed by atoms with Gasteiger partial charge in [0.25, 0.3) is 5.56 Å². The van der Waals surface area contributed by atoms with E-state index in [0.717, 1.165) is 26.9 Å². The third-order valence-corrected chi connectivity index (χ3v) is 6.12. The van der Waals surface area contributed by atoms with Crippen LogP contribution in [0.2, 0.25) is 0 Å². The van der Waals surface area contributed by atoms with Gasteiger partial charge in [-0.2, -0.15) is 0 Å². The van der Waals surface area contributed by atoms with E-state index < -0.39 is 0 Å². The van der Waals surface area contributed by atoms with E-state index in [2.05, 4.69) is 30.8 Å². The van der Waals surface area contributed by atoms with Gasteiger partial charge in [0.1, 0.15) is 22.2 Å². The summed E-state index contributed by atoms with van der Waals surface area (Å²) in [7, 11) is 3.61. The minimum Gasteiger partial charge on any atom is -0.496 e. The molecule has 2 aromatic carbocycles. The van der Waals surface area contributed by atoms with Crippen molar-refractivity contribution in [1.29, 1.82) is 0 Å². The highest BCUT2D eigenvalue weighted by atomic mass is 79.9. The number of benzene rings is 2. The molecule has 0 radical (unpaired) electrons. The number of thiophene rings is 1. The average molecular weight is 488 g/mol.